The van der Waals surface area contributed by atoms with Gasteiger partial charge in [-0.05, 0) is 82.4 Å². The molecular weight excluding hydrogens is 625 g/mol. The van der Waals surface area contributed by atoms with Gasteiger partial charge in [-0.25, -0.2) is 18.5 Å². The maximum atomic E-state index is 15.7. The Bertz CT molecular complexity index is 2680. The molecule has 0 amide bonds. The van der Waals surface area contributed by atoms with Crippen molar-refractivity contribution in [2.45, 2.75) is 19.3 Å². The van der Waals surface area contributed by atoms with Crippen LogP contribution in [0.3, 0.4) is 0 Å². The summed E-state index contributed by atoms with van der Waals surface area (Å²) in [5.41, 5.74) is 8.01. The molecule has 7 heteroatoms. The van der Waals surface area contributed by atoms with Crippen molar-refractivity contribution in [3.05, 3.63) is 160 Å². The van der Waals surface area contributed by atoms with E-state index in [9.17, 15) is 10.5 Å². The van der Waals surface area contributed by atoms with Crippen LogP contribution in [0.15, 0.2) is 103 Å². The third-order valence-corrected chi connectivity index (χ3v) is 9.82. The van der Waals surface area contributed by atoms with Crippen LogP contribution in [0.2, 0.25) is 0 Å². The monoisotopic (exact) mass is 647 g/mol. The Balaban J connectivity index is 1.48. The predicted molar refractivity (Wildman–Crippen MR) is 191 cm³/mol. The Hall–Kier alpha value is -7.06. The van der Waals surface area contributed by atoms with E-state index >= 15 is 8.78 Å². The van der Waals surface area contributed by atoms with Crippen molar-refractivity contribution in [2.75, 3.05) is 0 Å². The average molecular weight is 648 g/mol. The fourth-order valence-electron chi connectivity index (χ4n) is 7.47. The lowest BCUT2D eigenvalue weighted by atomic mass is 9.82. The van der Waals surface area contributed by atoms with Crippen molar-refractivity contribution in [1.82, 2.24) is 4.57 Å². The van der Waals surface area contributed by atoms with Crippen molar-refractivity contribution in [1.29, 1.82) is 10.5 Å². The minimum absolute atomic E-state index is 0.125. The van der Waals surface area contributed by atoms with E-state index in [-0.39, 0.29) is 39.0 Å². The van der Waals surface area contributed by atoms with Crippen LogP contribution in [0.1, 0.15) is 36.1 Å². The van der Waals surface area contributed by atoms with E-state index in [1.54, 1.807) is 12.1 Å². The van der Waals surface area contributed by atoms with Gasteiger partial charge in [0.15, 0.2) is 5.69 Å². The number of nitrogens with zero attached hydrogens (tertiary/aromatic N) is 5. The third kappa shape index (κ3) is 4.25. The topological polar surface area (TPSA) is 61.2 Å². The molecule has 0 saturated heterocycles. The molecule has 0 unspecified atom stereocenters. The van der Waals surface area contributed by atoms with Gasteiger partial charge in [-0.15, -0.1) is 0 Å². The Morgan fingerprint density at radius 3 is 1.96 bits per heavy atom. The van der Waals surface area contributed by atoms with Gasteiger partial charge in [0, 0.05) is 38.4 Å². The number of hydrogen-bond donors (Lipinski definition) is 0. The fraction of sp³-hybridized carbons (Fsp3) is 0.0698. The molecule has 0 N–H and O–H groups in total. The second-order valence-corrected chi connectivity index (χ2v) is 12.8. The van der Waals surface area contributed by atoms with Gasteiger partial charge in [-0.3, -0.25) is 0 Å². The number of rotatable bonds is 3. The number of benzene rings is 6. The van der Waals surface area contributed by atoms with Gasteiger partial charge in [0.05, 0.1) is 41.5 Å². The maximum Gasteiger partial charge on any atom is 0.224 e. The molecule has 0 atom stereocenters. The zero-order chi connectivity index (χ0) is 34.9. The van der Waals surface area contributed by atoms with Crippen LogP contribution >= 0.6 is 0 Å². The van der Waals surface area contributed by atoms with Crippen LogP contribution in [0.25, 0.3) is 70.6 Å². The number of aromatic nitrogens is 1. The first-order valence-electron chi connectivity index (χ1n) is 15.7. The van der Waals surface area contributed by atoms with Gasteiger partial charge in [-0.2, -0.15) is 10.5 Å². The van der Waals surface area contributed by atoms with E-state index in [0.29, 0.717) is 11.1 Å². The summed E-state index contributed by atoms with van der Waals surface area (Å²) < 4.78 is 33.5. The summed E-state index contributed by atoms with van der Waals surface area (Å²) in [5, 5.41) is 20.7. The van der Waals surface area contributed by atoms with E-state index in [4.69, 9.17) is 13.1 Å². The second-order valence-electron chi connectivity index (χ2n) is 12.8. The van der Waals surface area contributed by atoms with Gasteiger partial charge < -0.3 is 4.57 Å². The summed E-state index contributed by atoms with van der Waals surface area (Å²) in [6.07, 6.45) is 0. The van der Waals surface area contributed by atoms with Gasteiger partial charge >= 0.3 is 0 Å². The van der Waals surface area contributed by atoms with E-state index < -0.39 is 11.6 Å². The number of nitriles is 2. The van der Waals surface area contributed by atoms with Crippen LogP contribution in [0, 0.1) is 47.4 Å². The average Bonchev–Trinajstić information content (AvgIpc) is 3.59. The Labute approximate surface area is 286 Å². The van der Waals surface area contributed by atoms with E-state index in [2.05, 4.69) is 58.4 Å². The molecule has 7 aromatic rings. The van der Waals surface area contributed by atoms with Crippen LogP contribution in [-0.4, -0.2) is 4.57 Å². The summed E-state index contributed by atoms with van der Waals surface area (Å²) in [7, 11) is 0. The molecule has 0 saturated carbocycles. The number of hydrogen-bond acceptors (Lipinski definition) is 2. The first-order valence-corrected chi connectivity index (χ1v) is 15.7. The highest BCUT2D eigenvalue weighted by atomic mass is 19.1. The molecule has 1 aliphatic carbocycles. The van der Waals surface area contributed by atoms with Gasteiger partial charge in [0.25, 0.3) is 0 Å². The Morgan fingerprint density at radius 2 is 1.32 bits per heavy atom. The smallest absolute Gasteiger partial charge is 0.224 e. The highest BCUT2D eigenvalue weighted by molar-refractivity contribution is 6.12. The fourth-order valence-corrected chi connectivity index (χ4v) is 7.47. The standard InChI is InChI=1S/C43H23F2N5/c1-43(2)34-9-6-5-8-29(34)40-35(43)10-7-11-39(40)50-37-14-12-25(30-16-24(22-46)17-36(49-4)42(30)45)19-32(37)33-20-26(13-15-38(33)50)31-21-28(48-3)18-27(23-47)41(31)44/h5-21H,1-2H3. The zero-order valence-corrected chi connectivity index (χ0v) is 26.8. The SMILES string of the molecule is [C-]#[N+]c1cc(C#N)c(F)c(-c2ccc3c(c2)c2cc(-c4cc(C#N)cc([N+]#[C-])c4F)ccc2n3-c2cccc3c2-c2ccccc2C3(C)C)c1. The van der Waals surface area contributed by atoms with Crippen molar-refractivity contribution < 1.29 is 8.78 Å². The Morgan fingerprint density at radius 1 is 0.660 bits per heavy atom. The van der Waals surface area contributed by atoms with Crippen molar-refractivity contribution in [2.24, 2.45) is 0 Å². The molecule has 6 aromatic carbocycles. The highest BCUT2D eigenvalue weighted by Crippen LogP contribution is 2.52. The van der Waals surface area contributed by atoms with E-state index in [1.165, 1.54) is 35.4 Å². The molecule has 1 aromatic heterocycles. The summed E-state index contributed by atoms with van der Waals surface area (Å²) in [6, 6.07) is 34.9. The zero-order valence-electron chi connectivity index (χ0n) is 26.8. The number of halogens is 2. The van der Waals surface area contributed by atoms with Gasteiger partial charge in [0.1, 0.15) is 17.7 Å². The van der Waals surface area contributed by atoms with Crippen LogP contribution < -0.4 is 0 Å². The van der Waals surface area contributed by atoms with Crippen LogP contribution in [-0.2, 0) is 5.41 Å². The molecule has 234 valence electrons. The quantitative estimate of drug-likeness (QED) is 0.179. The van der Waals surface area contributed by atoms with Crippen molar-refractivity contribution in [3.63, 3.8) is 0 Å². The van der Waals surface area contributed by atoms with E-state index in [1.807, 2.05) is 48.5 Å². The first-order chi connectivity index (χ1) is 24.2. The van der Waals surface area contributed by atoms with E-state index in [0.717, 1.165) is 38.6 Å². The minimum Gasteiger partial charge on any atom is -0.309 e. The lowest BCUT2D eigenvalue weighted by Gasteiger charge is -2.22. The predicted octanol–water partition coefficient (Wildman–Crippen LogP) is 11.5. The largest absolute Gasteiger partial charge is 0.309 e. The first kappa shape index (κ1) is 30.3. The lowest BCUT2D eigenvalue weighted by molar-refractivity contribution is 0.628. The normalized spacial score (nSPS) is 12.5. The van der Waals surface area contributed by atoms with Gasteiger partial charge in [0.2, 0.25) is 5.69 Å². The Kier molecular flexibility index (Phi) is 6.66. The molecule has 0 spiro atoms. The van der Waals surface area contributed by atoms with Crippen LogP contribution in [0.5, 0.6) is 0 Å². The number of fused-ring (bicyclic) bond motifs is 6. The molecule has 5 nitrogen and oxygen atoms in total. The maximum absolute atomic E-state index is 15.7. The minimum atomic E-state index is -0.718. The second kappa shape index (κ2) is 11.0. The summed E-state index contributed by atoms with van der Waals surface area (Å²) in [5.74, 6) is -1.44. The summed E-state index contributed by atoms with van der Waals surface area (Å²) in [6.45, 7) is 19.4. The molecule has 50 heavy (non-hydrogen) atoms. The summed E-state index contributed by atoms with van der Waals surface area (Å²) in [4.78, 5) is 6.76. The summed E-state index contributed by atoms with van der Waals surface area (Å²) >= 11 is 0. The van der Waals surface area contributed by atoms with Crippen molar-refractivity contribution >= 4 is 33.2 Å². The highest BCUT2D eigenvalue weighted by Gasteiger charge is 2.37. The lowest BCUT2D eigenvalue weighted by Crippen LogP contribution is -2.14. The molecular formula is C43H23F2N5. The molecule has 0 fully saturated rings. The molecule has 8 rings (SSSR count). The third-order valence-electron chi connectivity index (χ3n) is 9.82. The molecule has 1 aliphatic rings. The molecule has 0 radical (unpaired) electrons. The van der Waals surface area contributed by atoms with Gasteiger partial charge in [-0.1, -0.05) is 62.4 Å². The van der Waals surface area contributed by atoms with Crippen LogP contribution in [0.4, 0.5) is 20.2 Å². The molecule has 0 aliphatic heterocycles. The van der Waals surface area contributed by atoms with Crippen molar-refractivity contribution in [3.8, 4) is 51.2 Å². The molecule has 1 heterocycles. The molecule has 0 bridgehead atoms.